The minimum atomic E-state index is 0.607. The molecule has 0 atom stereocenters. The summed E-state index contributed by atoms with van der Waals surface area (Å²) in [6.45, 7) is 10.0. The highest BCUT2D eigenvalue weighted by Crippen LogP contribution is 2.43. The molecule has 0 amide bonds. The van der Waals surface area contributed by atoms with Crippen LogP contribution in [-0.4, -0.2) is 0 Å². The summed E-state index contributed by atoms with van der Waals surface area (Å²) >= 11 is 0. The zero-order valence-corrected chi connectivity index (χ0v) is 19.6. The van der Waals surface area contributed by atoms with E-state index in [-0.39, 0.29) is 0 Å². The van der Waals surface area contributed by atoms with Crippen LogP contribution < -0.4 is 4.57 Å². The molecule has 0 N–H and O–H groups in total. The van der Waals surface area contributed by atoms with Gasteiger partial charge in [-0.2, -0.15) is 0 Å². The van der Waals surface area contributed by atoms with E-state index >= 15 is 0 Å². The number of rotatable bonds is 3. The van der Waals surface area contributed by atoms with E-state index in [1.807, 2.05) is 49.6 Å². The molecule has 0 bridgehead atoms. The Balaban J connectivity index is 1.54. The Hall–Kier alpha value is -4.68. The zero-order valence-electron chi connectivity index (χ0n) is 19.6. The van der Waals surface area contributed by atoms with Crippen molar-refractivity contribution >= 4 is 27.6 Å². The number of benzene rings is 4. The lowest BCUT2D eigenvalue weighted by molar-refractivity contribution is -0.660. The van der Waals surface area contributed by atoms with Gasteiger partial charge in [-0.05, 0) is 52.9 Å². The van der Waals surface area contributed by atoms with E-state index in [1.54, 1.807) is 0 Å². The number of pyridine rings is 1. The Labute approximate surface area is 204 Å². The highest BCUT2D eigenvalue weighted by Gasteiger charge is 2.22. The van der Waals surface area contributed by atoms with Gasteiger partial charge >= 0.3 is 0 Å². The van der Waals surface area contributed by atoms with Crippen LogP contribution in [0, 0.1) is 13.5 Å². The quantitative estimate of drug-likeness (QED) is 0.196. The minimum absolute atomic E-state index is 0.607. The lowest BCUT2D eigenvalue weighted by atomic mass is 9.97. The fourth-order valence-corrected chi connectivity index (χ4v) is 4.89. The van der Waals surface area contributed by atoms with Gasteiger partial charge in [-0.3, -0.25) is 0 Å². The fraction of sp³-hybridized carbons (Fsp3) is 0.0625. The van der Waals surface area contributed by atoms with Gasteiger partial charge in [-0.1, -0.05) is 66.7 Å². The summed E-state index contributed by atoms with van der Waals surface area (Å²) in [5, 5.41) is 1.85. The smallest absolute Gasteiger partial charge is 0.216 e. The van der Waals surface area contributed by atoms with E-state index in [0.29, 0.717) is 5.69 Å². The average Bonchev–Trinajstić information content (AvgIpc) is 3.28. The molecular formula is C32H23N2O+. The molecule has 0 spiro atoms. The predicted octanol–water partition coefficient (Wildman–Crippen LogP) is 8.27. The van der Waals surface area contributed by atoms with Gasteiger partial charge in [0.05, 0.1) is 12.1 Å². The van der Waals surface area contributed by atoms with Crippen molar-refractivity contribution in [1.82, 2.24) is 0 Å². The van der Waals surface area contributed by atoms with Crippen molar-refractivity contribution < 1.29 is 8.98 Å². The van der Waals surface area contributed by atoms with E-state index in [0.717, 1.165) is 49.9 Å². The number of hydrogen-bond acceptors (Lipinski definition) is 1. The van der Waals surface area contributed by atoms with Gasteiger partial charge < -0.3 is 4.42 Å². The number of hydrogen-bond donors (Lipinski definition) is 0. The molecule has 3 heteroatoms. The van der Waals surface area contributed by atoms with Gasteiger partial charge in [0.2, 0.25) is 5.69 Å². The van der Waals surface area contributed by atoms with Crippen LogP contribution in [0.15, 0.2) is 108 Å². The molecule has 0 aliphatic heterocycles. The molecule has 0 aliphatic rings. The molecule has 0 saturated carbocycles. The maximum absolute atomic E-state index is 7.92. The van der Waals surface area contributed by atoms with Gasteiger partial charge in [-0.15, -0.1) is 0 Å². The van der Waals surface area contributed by atoms with Gasteiger partial charge in [0, 0.05) is 22.9 Å². The first-order chi connectivity index (χ1) is 17.1. The van der Waals surface area contributed by atoms with Crippen LogP contribution in [0.25, 0.3) is 60.3 Å². The molecule has 166 valence electrons. The van der Waals surface area contributed by atoms with Crippen LogP contribution in [-0.2, 0) is 7.05 Å². The Morgan fingerprint density at radius 1 is 0.743 bits per heavy atom. The predicted molar refractivity (Wildman–Crippen MR) is 142 cm³/mol. The zero-order chi connectivity index (χ0) is 23.9. The van der Waals surface area contributed by atoms with Gasteiger partial charge in [0.25, 0.3) is 0 Å². The second kappa shape index (κ2) is 8.27. The molecule has 2 heterocycles. The molecular weight excluding hydrogens is 428 g/mol. The first-order valence-electron chi connectivity index (χ1n) is 11.6. The summed E-state index contributed by atoms with van der Waals surface area (Å²) in [4.78, 5) is 3.90. The third-order valence-electron chi connectivity index (χ3n) is 6.69. The van der Waals surface area contributed by atoms with Crippen LogP contribution in [0.5, 0.6) is 0 Å². The Kier molecular flexibility index (Phi) is 4.94. The fourth-order valence-electron chi connectivity index (χ4n) is 4.89. The summed E-state index contributed by atoms with van der Waals surface area (Å²) in [7, 11) is 2.04. The minimum Gasteiger partial charge on any atom is -0.457 e. The average molecular weight is 452 g/mol. The molecule has 0 radical (unpaired) electrons. The van der Waals surface area contributed by atoms with E-state index in [1.165, 1.54) is 11.1 Å². The number of furan rings is 1. The van der Waals surface area contributed by atoms with Crippen LogP contribution in [0.4, 0.5) is 5.69 Å². The maximum Gasteiger partial charge on any atom is 0.216 e. The molecule has 0 fully saturated rings. The number of aromatic nitrogens is 1. The number of fused-ring (bicyclic) bond motifs is 3. The molecule has 35 heavy (non-hydrogen) atoms. The third kappa shape index (κ3) is 3.48. The third-order valence-corrected chi connectivity index (χ3v) is 6.69. The van der Waals surface area contributed by atoms with Gasteiger partial charge in [-0.25, -0.2) is 9.41 Å². The van der Waals surface area contributed by atoms with Gasteiger partial charge in [0.15, 0.2) is 11.9 Å². The molecule has 0 unspecified atom stereocenters. The van der Waals surface area contributed by atoms with Gasteiger partial charge in [0.1, 0.15) is 18.2 Å². The second-order valence-corrected chi connectivity index (χ2v) is 8.86. The molecule has 6 rings (SSSR count). The van der Waals surface area contributed by atoms with E-state index in [2.05, 4.69) is 77.0 Å². The van der Waals surface area contributed by atoms with Crippen molar-refractivity contribution in [3.8, 4) is 33.5 Å². The molecule has 0 aliphatic carbocycles. The lowest BCUT2D eigenvalue weighted by Gasteiger charge is -2.06. The van der Waals surface area contributed by atoms with Crippen molar-refractivity contribution in [3.05, 3.63) is 120 Å². The second-order valence-electron chi connectivity index (χ2n) is 8.86. The summed E-state index contributed by atoms with van der Waals surface area (Å²) in [5.74, 6) is 0. The topological polar surface area (TPSA) is 21.4 Å². The summed E-state index contributed by atoms with van der Waals surface area (Å²) in [6.07, 6.45) is 2.04. The largest absolute Gasteiger partial charge is 0.457 e. The van der Waals surface area contributed by atoms with Crippen LogP contribution >= 0.6 is 0 Å². The maximum atomic E-state index is 7.92. The van der Waals surface area contributed by atoms with Crippen molar-refractivity contribution in [1.29, 1.82) is 0 Å². The highest BCUT2D eigenvalue weighted by atomic mass is 16.3. The molecule has 0 saturated heterocycles. The van der Waals surface area contributed by atoms with E-state index < -0.39 is 0 Å². The summed E-state index contributed by atoms with van der Waals surface area (Å²) in [6, 6.07) is 33.2. The summed E-state index contributed by atoms with van der Waals surface area (Å²) < 4.78 is 8.62. The standard InChI is InChI=1S/C32H23N2O/c1-21-12-17-26-31-27(33-2)19-25(24-15-13-23(14-16-24)22-9-5-4-6-10-22)20-29(31)35-32(26)30(21)28-11-7-8-18-34(28)3/h4-20H,1,3H3/q+1. The highest BCUT2D eigenvalue weighted by molar-refractivity contribution is 6.16. The Morgan fingerprint density at radius 3 is 2.14 bits per heavy atom. The van der Waals surface area contributed by atoms with Crippen molar-refractivity contribution in [2.75, 3.05) is 0 Å². The molecule has 4 aromatic carbocycles. The summed E-state index contributed by atoms with van der Waals surface area (Å²) in [5.41, 5.74) is 9.83. The normalized spacial score (nSPS) is 11.1. The monoisotopic (exact) mass is 451 g/mol. The van der Waals surface area contributed by atoms with E-state index in [9.17, 15) is 0 Å². The first-order valence-corrected chi connectivity index (χ1v) is 11.6. The van der Waals surface area contributed by atoms with Crippen LogP contribution in [0.1, 0.15) is 5.56 Å². The van der Waals surface area contributed by atoms with Crippen LogP contribution in [0.2, 0.25) is 0 Å². The SMILES string of the molecule is [C-]#[N+]c1cc(-c2ccc(-c3ccccc3)cc2)cc2oc3c(-c4cccc[n+]4C)c(C)ccc3c12. The number of aryl methyl sites for hydroxylation is 2. The van der Waals surface area contributed by atoms with Crippen LogP contribution in [0.3, 0.4) is 0 Å². The Morgan fingerprint density at radius 2 is 1.43 bits per heavy atom. The number of nitrogens with zero attached hydrogens (tertiary/aromatic N) is 2. The lowest BCUT2D eigenvalue weighted by Crippen LogP contribution is -2.30. The first kappa shape index (κ1) is 20.9. The Bertz CT molecular complexity index is 1750. The molecule has 6 aromatic rings. The van der Waals surface area contributed by atoms with Crippen molar-refractivity contribution in [2.24, 2.45) is 7.05 Å². The molecule has 2 aromatic heterocycles. The van der Waals surface area contributed by atoms with E-state index in [4.69, 9.17) is 11.0 Å². The molecule has 3 nitrogen and oxygen atoms in total. The van der Waals surface area contributed by atoms with Crippen molar-refractivity contribution in [2.45, 2.75) is 6.92 Å². The van der Waals surface area contributed by atoms with Crippen molar-refractivity contribution in [3.63, 3.8) is 0 Å².